The van der Waals surface area contributed by atoms with Crippen LogP contribution in [0.2, 0.25) is 0 Å². The summed E-state index contributed by atoms with van der Waals surface area (Å²) in [5, 5.41) is 10.3. The van der Waals surface area contributed by atoms with E-state index in [1.807, 2.05) is 0 Å². The van der Waals surface area contributed by atoms with Gasteiger partial charge < -0.3 is 9.47 Å². The number of benzene rings is 1. The minimum atomic E-state index is -0.819. The SMILES string of the molecule is CC(=O)OC(c1cccnc1)C1C(=O)N2C(C(=O)OCc3ccc([N+](=O)[O-])cc3)=C(C)SC12. The largest absolute Gasteiger partial charge is 0.457 e. The lowest BCUT2D eigenvalue weighted by atomic mass is 9.87. The Morgan fingerprint density at radius 2 is 2.00 bits per heavy atom. The number of non-ortho nitro benzene ring substituents is 1. The first-order valence-corrected chi connectivity index (χ1v) is 10.8. The van der Waals surface area contributed by atoms with Gasteiger partial charge in [-0.25, -0.2) is 4.79 Å². The summed E-state index contributed by atoms with van der Waals surface area (Å²) in [5.41, 5.74) is 1.26. The summed E-state index contributed by atoms with van der Waals surface area (Å²) in [6, 6.07) is 9.08. The third-order valence-corrected chi connectivity index (χ3v) is 6.59. The second-order valence-electron chi connectivity index (χ2n) is 7.46. The molecule has 170 valence electrons. The molecule has 1 amide bonds. The van der Waals surface area contributed by atoms with Crippen LogP contribution in [-0.2, 0) is 30.5 Å². The highest BCUT2D eigenvalue weighted by atomic mass is 32.2. The van der Waals surface area contributed by atoms with Crippen molar-refractivity contribution >= 4 is 35.3 Å². The van der Waals surface area contributed by atoms with Gasteiger partial charge in [0.15, 0.2) is 0 Å². The first-order valence-electron chi connectivity index (χ1n) is 9.96. The molecule has 0 N–H and O–H groups in total. The van der Waals surface area contributed by atoms with Gasteiger partial charge in [-0.05, 0) is 30.7 Å². The van der Waals surface area contributed by atoms with E-state index in [4.69, 9.17) is 9.47 Å². The van der Waals surface area contributed by atoms with Crippen LogP contribution in [0.15, 0.2) is 59.4 Å². The number of pyridine rings is 1. The van der Waals surface area contributed by atoms with Gasteiger partial charge in [0, 0.05) is 41.9 Å². The average molecular weight is 469 g/mol. The van der Waals surface area contributed by atoms with E-state index >= 15 is 0 Å². The number of hydrogen-bond donors (Lipinski definition) is 0. The Balaban J connectivity index is 1.46. The first kappa shape index (κ1) is 22.5. The molecular formula is C22H19N3O7S. The molecule has 1 saturated heterocycles. The van der Waals surface area contributed by atoms with Crippen molar-refractivity contribution in [3.63, 3.8) is 0 Å². The van der Waals surface area contributed by atoms with E-state index in [1.165, 1.54) is 47.9 Å². The molecule has 0 saturated carbocycles. The number of nitro benzene ring substituents is 1. The smallest absolute Gasteiger partial charge is 0.356 e. The molecule has 4 rings (SSSR count). The number of rotatable bonds is 7. The molecule has 0 spiro atoms. The number of β-lactam (4-membered cyclic amide) rings is 1. The van der Waals surface area contributed by atoms with Gasteiger partial charge in [-0.2, -0.15) is 0 Å². The van der Waals surface area contributed by atoms with Crippen molar-refractivity contribution in [3.05, 3.63) is 80.6 Å². The summed E-state index contributed by atoms with van der Waals surface area (Å²) in [7, 11) is 0. The predicted octanol–water partition coefficient (Wildman–Crippen LogP) is 3.10. The Morgan fingerprint density at radius 1 is 1.27 bits per heavy atom. The van der Waals surface area contributed by atoms with Crippen LogP contribution in [0.25, 0.3) is 0 Å². The Morgan fingerprint density at radius 3 is 2.61 bits per heavy atom. The highest BCUT2D eigenvalue weighted by Gasteiger charge is 2.59. The molecule has 0 aliphatic carbocycles. The first-order chi connectivity index (χ1) is 15.8. The molecule has 1 aromatic carbocycles. The number of carbonyl (C=O) groups excluding carboxylic acids is 3. The maximum Gasteiger partial charge on any atom is 0.356 e. The highest BCUT2D eigenvalue weighted by molar-refractivity contribution is 8.04. The molecule has 33 heavy (non-hydrogen) atoms. The third-order valence-electron chi connectivity index (χ3n) is 5.30. The topological polar surface area (TPSA) is 129 Å². The second-order valence-corrected chi connectivity index (χ2v) is 8.79. The highest BCUT2D eigenvalue weighted by Crippen LogP contribution is 2.53. The van der Waals surface area contributed by atoms with Crippen molar-refractivity contribution in [1.82, 2.24) is 9.88 Å². The summed E-state index contributed by atoms with van der Waals surface area (Å²) in [6.07, 6.45) is 2.31. The zero-order chi connectivity index (χ0) is 23.7. The number of aromatic nitrogens is 1. The summed E-state index contributed by atoms with van der Waals surface area (Å²) < 4.78 is 10.8. The lowest BCUT2D eigenvalue weighted by molar-refractivity contribution is -0.384. The number of ether oxygens (including phenoxy) is 2. The number of fused-ring (bicyclic) bond motifs is 1. The Bertz CT molecular complexity index is 1150. The Kier molecular flexibility index (Phi) is 6.14. The molecule has 1 aromatic heterocycles. The number of allylic oxidation sites excluding steroid dienone is 1. The molecule has 3 unspecified atom stereocenters. The fraction of sp³-hybridized carbons (Fsp3) is 0.273. The molecule has 2 aromatic rings. The average Bonchev–Trinajstić information content (AvgIpc) is 3.10. The number of nitro groups is 1. The summed E-state index contributed by atoms with van der Waals surface area (Å²) in [4.78, 5) is 53.8. The normalized spacial score (nSPS) is 20.1. The standard InChI is InChI=1S/C22H19N3O7S/c1-12-18(22(28)31-11-14-5-7-16(8-6-14)25(29)30)24-20(27)17(21(24)33-12)19(32-13(2)26)15-4-3-9-23-10-15/h3-10,17,19,21H,11H2,1-2H3. The predicted molar refractivity (Wildman–Crippen MR) is 116 cm³/mol. The number of esters is 2. The zero-order valence-corrected chi connectivity index (χ0v) is 18.5. The lowest BCUT2D eigenvalue weighted by Crippen LogP contribution is -2.59. The van der Waals surface area contributed by atoms with Crippen LogP contribution >= 0.6 is 11.8 Å². The molecule has 1 fully saturated rings. The van der Waals surface area contributed by atoms with Crippen molar-refractivity contribution in [2.24, 2.45) is 5.92 Å². The van der Waals surface area contributed by atoms with Crippen molar-refractivity contribution in [1.29, 1.82) is 0 Å². The fourth-order valence-electron chi connectivity index (χ4n) is 3.78. The van der Waals surface area contributed by atoms with E-state index in [2.05, 4.69) is 4.98 Å². The van der Waals surface area contributed by atoms with Gasteiger partial charge in [0.25, 0.3) is 5.69 Å². The van der Waals surface area contributed by atoms with Gasteiger partial charge in [-0.3, -0.25) is 29.6 Å². The number of carbonyl (C=O) groups is 3. The van der Waals surface area contributed by atoms with Crippen molar-refractivity contribution < 1.29 is 28.8 Å². The fourth-order valence-corrected chi connectivity index (χ4v) is 5.16. The molecular weight excluding hydrogens is 450 g/mol. The summed E-state index contributed by atoms with van der Waals surface area (Å²) in [5.74, 6) is -2.21. The number of hydrogen-bond acceptors (Lipinski definition) is 9. The third kappa shape index (κ3) is 4.31. The number of thioether (sulfide) groups is 1. The summed E-state index contributed by atoms with van der Waals surface area (Å²) >= 11 is 1.34. The molecule has 2 aliphatic heterocycles. The molecule has 3 atom stereocenters. The summed E-state index contributed by atoms with van der Waals surface area (Å²) in [6.45, 7) is 2.90. The minimum absolute atomic E-state index is 0.0631. The maximum atomic E-state index is 13.1. The molecule has 2 aliphatic rings. The van der Waals surface area contributed by atoms with Gasteiger partial charge >= 0.3 is 11.9 Å². The van der Waals surface area contributed by atoms with Gasteiger partial charge in [0.05, 0.1) is 4.92 Å². The van der Waals surface area contributed by atoms with Crippen LogP contribution in [0.1, 0.15) is 31.1 Å². The van der Waals surface area contributed by atoms with Crippen LogP contribution in [0.3, 0.4) is 0 Å². The minimum Gasteiger partial charge on any atom is -0.457 e. The number of nitrogens with zero attached hydrogens (tertiary/aromatic N) is 3. The van der Waals surface area contributed by atoms with Gasteiger partial charge in [-0.1, -0.05) is 6.07 Å². The van der Waals surface area contributed by atoms with Crippen LogP contribution in [0, 0.1) is 16.0 Å². The second kappa shape index (κ2) is 9.02. The van der Waals surface area contributed by atoms with E-state index in [9.17, 15) is 24.5 Å². The van der Waals surface area contributed by atoms with Gasteiger partial charge in [-0.15, -0.1) is 11.8 Å². The number of amides is 1. The van der Waals surface area contributed by atoms with Crippen LogP contribution in [0.5, 0.6) is 0 Å². The van der Waals surface area contributed by atoms with Crippen molar-refractivity contribution in [3.8, 4) is 0 Å². The van der Waals surface area contributed by atoms with Crippen molar-refractivity contribution in [2.75, 3.05) is 0 Å². The molecule has 0 radical (unpaired) electrons. The molecule has 10 nitrogen and oxygen atoms in total. The molecule has 11 heteroatoms. The van der Waals surface area contributed by atoms with E-state index < -0.39 is 34.3 Å². The van der Waals surface area contributed by atoms with E-state index in [0.29, 0.717) is 16.0 Å². The monoisotopic (exact) mass is 469 g/mol. The Labute approximate surface area is 192 Å². The molecule has 3 heterocycles. The van der Waals surface area contributed by atoms with Crippen molar-refractivity contribution in [2.45, 2.75) is 31.9 Å². The van der Waals surface area contributed by atoms with Gasteiger partial charge in [0.2, 0.25) is 5.91 Å². The lowest BCUT2D eigenvalue weighted by Gasteiger charge is -2.45. The van der Waals surface area contributed by atoms with Crippen LogP contribution in [0.4, 0.5) is 5.69 Å². The van der Waals surface area contributed by atoms with E-state index in [1.54, 1.807) is 31.5 Å². The van der Waals surface area contributed by atoms with E-state index in [-0.39, 0.29) is 23.9 Å². The maximum absolute atomic E-state index is 13.1. The van der Waals surface area contributed by atoms with Crippen LogP contribution in [-0.4, -0.2) is 38.0 Å². The quantitative estimate of drug-likeness (QED) is 0.260. The van der Waals surface area contributed by atoms with E-state index in [0.717, 1.165) is 0 Å². The molecule has 0 bridgehead atoms. The zero-order valence-electron chi connectivity index (χ0n) is 17.7. The van der Waals surface area contributed by atoms with Crippen LogP contribution < -0.4 is 0 Å². The Hall–Kier alpha value is -3.73. The van der Waals surface area contributed by atoms with Gasteiger partial charge in [0.1, 0.15) is 29.7 Å².